The first kappa shape index (κ1) is 9.81. The largest absolute Gasteiger partial charge is 0.492 e. The van der Waals surface area contributed by atoms with E-state index in [0.717, 1.165) is 16.3 Å². The zero-order chi connectivity index (χ0) is 10.1. The smallest absolute Gasteiger partial charge is 0.137 e. The fraction of sp³-hybridized carbons (Fsp3) is 0.273. The first-order chi connectivity index (χ1) is 6.72. The number of halogens is 1. The number of benzene rings is 1. The van der Waals surface area contributed by atoms with Crippen molar-refractivity contribution in [2.24, 2.45) is 0 Å². The lowest BCUT2D eigenvalue weighted by Gasteiger charge is -2.02. The highest BCUT2D eigenvalue weighted by Crippen LogP contribution is 2.35. The number of hydrogen-bond acceptors (Lipinski definition) is 2. The number of fused-ring (bicyclic) bond motifs is 1. The molecule has 1 aromatic heterocycles. The van der Waals surface area contributed by atoms with Gasteiger partial charge in [-0.3, -0.25) is 0 Å². The molecule has 0 aliphatic rings. The molecule has 0 fully saturated rings. The van der Waals surface area contributed by atoms with Crippen LogP contribution in [-0.2, 0) is 0 Å². The third-order valence-electron chi connectivity index (χ3n) is 2.12. The van der Waals surface area contributed by atoms with Crippen LogP contribution in [0.25, 0.3) is 10.1 Å². The maximum atomic E-state index is 6.04. The summed E-state index contributed by atoms with van der Waals surface area (Å²) in [5.74, 6) is 0.965. The molecule has 0 N–H and O–H groups in total. The van der Waals surface area contributed by atoms with Crippen LogP contribution in [0, 0.1) is 6.92 Å². The van der Waals surface area contributed by atoms with Gasteiger partial charge in [-0.25, -0.2) is 0 Å². The van der Waals surface area contributed by atoms with E-state index in [1.165, 1.54) is 10.1 Å². The lowest BCUT2D eigenvalue weighted by Crippen LogP contribution is -1.89. The second-order valence-corrected chi connectivity index (χ2v) is 4.45. The molecule has 0 unspecified atom stereocenters. The van der Waals surface area contributed by atoms with Crippen molar-refractivity contribution in [1.29, 1.82) is 0 Å². The van der Waals surface area contributed by atoms with E-state index in [4.69, 9.17) is 16.3 Å². The first-order valence-electron chi connectivity index (χ1n) is 4.52. The van der Waals surface area contributed by atoms with E-state index in [2.05, 4.69) is 6.07 Å². The summed E-state index contributed by atoms with van der Waals surface area (Å²) in [5, 5.41) is 4.02. The van der Waals surface area contributed by atoms with Crippen LogP contribution in [0.5, 0.6) is 5.75 Å². The molecule has 0 amide bonds. The van der Waals surface area contributed by atoms with Crippen LogP contribution in [0.2, 0.25) is 5.02 Å². The Morgan fingerprint density at radius 3 is 2.93 bits per heavy atom. The Labute approximate surface area is 92.3 Å². The van der Waals surface area contributed by atoms with E-state index >= 15 is 0 Å². The van der Waals surface area contributed by atoms with Gasteiger partial charge in [-0.1, -0.05) is 11.6 Å². The average Bonchev–Trinajstić information content (AvgIpc) is 2.51. The normalized spacial score (nSPS) is 10.8. The minimum Gasteiger partial charge on any atom is -0.492 e. The molecule has 1 nitrogen and oxygen atoms in total. The van der Waals surface area contributed by atoms with Crippen LogP contribution in [0.3, 0.4) is 0 Å². The molecule has 0 spiro atoms. The van der Waals surface area contributed by atoms with Gasteiger partial charge >= 0.3 is 0 Å². The van der Waals surface area contributed by atoms with Crippen molar-refractivity contribution >= 4 is 33.0 Å². The summed E-state index contributed by atoms with van der Waals surface area (Å²) >= 11 is 7.71. The maximum Gasteiger partial charge on any atom is 0.137 e. The molecule has 14 heavy (non-hydrogen) atoms. The van der Waals surface area contributed by atoms with Crippen molar-refractivity contribution in [3.8, 4) is 5.75 Å². The molecule has 2 rings (SSSR count). The third kappa shape index (κ3) is 1.60. The molecule has 1 heterocycles. The number of thiophene rings is 1. The van der Waals surface area contributed by atoms with E-state index in [0.29, 0.717) is 6.61 Å². The van der Waals surface area contributed by atoms with E-state index in [1.807, 2.05) is 25.3 Å². The summed E-state index contributed by atoms with van der Waals surface area (Å²) in [7, 11) is 0. The molecule has 0 saturated carbocycles. The highest BCUT2D eigenvalue weighted by Gasteiger charge is 2.06. The molecular formula is C11H11ClOS. The van der Waals surface area contributed by atoms with Crippen molar-refractivity contribution in [2.75, 3.05) is 6.61 Å². The number of ether oxygens (including phenoxy) is 1. The molecular weight excluding hydrogens is 216 g/mol. The van der Waals surface area contributed by atoms with Crippen molar-refractivity contribution in [2.45, 2.75) is 13.8 Å². The second-order valence-electron chi connectivity index (χ2n) is 3.13. The van der Waals surface area contributed by atoms with E-state index < -0.39 is 0 Å². The molecule has 0 saturated heterocycles. The predicted octanol–water partition coefficient (Wildman–Crippen LogP) is 4.26. The number of aryl methyl sites for hydroxylation is 1. The molecule has 0 radical (unpaired) electrons. The Morgan fingerprint density at radius 1 is 1.43 bits per heavy atom. The minimum atomic E-state index is 0.702. The average molecular weight is 227 g/mol. The van der Waals surface area contributed by atoms with Gasteiger partial charge in [0.2, 0.25) is 0 Å². The van der Waals surface area contributed by atoms with Crippen LogP contribution in [-0.4, -0.2) is 6.61 Å². The van der Waals surface area contributed by atoms with Gasteiger partial charge in [-0.2, -0.15) is 0 Å². The third-order valence-corrected chi connectivity index (χ3v) is 3.45. The molecule has 2 aromatic rings. The van der Waals surface area contributed by atoms with Gasteiger partial charge in [0, 0.05) is 20.5 Å². The van der Waals surface area contributed by atoms with Gasteiger partial charge in [0.05, 0.1) is 6.61 Å². The lowest BCUT2D eigenvalue weighted by atomic mass is 10.2. The van der Waals surface area contributed by atoms with Gasteiger partial charge in [0.15, 0.2) is 0 Å². The van der Waals surface area contributed by atoms with Crippen LogP contribution >= 0.6 is 22.9 Å². The van der Waals surface area contributed by atoms with Gasteiger partial charge in [0.25, 0.3) is 0 Å². The number of hydrogen-bond donors (Lipinski definition) is 0. The molecule has 1 aromatic carbocycles. The summed E-state index contributed by atoms with van der Waals surface area (Å²) in [6, 6.07) is 4.08. The van der Waals surface area contributed by atoms with E-state index in [9.17, 15) is 0 Å². The van der Waals surface area contributed by atoms with Crippen LogP contribution in [0.15, 0.2) is 17.5 Å². The standard InChI is InChI=1S/C11H11ClOS/c1-3-13-10-6-14-11-5-9(12)7(2)4-8(10)11/h4-6H,3H2,1-2H3. The van der Waals surface area contributed by atoms with E-state index in [-0.39, 0.29) is 0 Å². The van der Waals surface area contributed by atoms with Crippen molar-refractivity contribution in [3.05, 3.63) is 28.1 Å². The molecule has 3 heteroatoms. The summed E-state index contributed by atoms with van der Waals surface area (Å²) < 4.78 is 6.71. The summed E-state index contributed by atoms with van der Waals surface area (Å²) in [4.78, 5) is 0. The Kier molecular flexibility index (Phi) is 2.66. The van der Waals surface area contributed by atoms with Crippen LogP contribution < -0.4 is 4.74 Å². The molecule has 0 aliphatic heterocycles. The Hall–Kier alpha value is -0.730. The molecule has 0 aliphatic carbocycles. The monoisotopic (exact) mass is 226 g/mol. The van der Waals surface area contributed by atoms with Gasteiger partial charge in [0.1, 0.15) is 5.75 Å². The fourth-order valence-electron chi connectivity index (χ4n) is 1.40. The Bertz CT molecular complexity index is 462. The van der Waals surface area contributed by atoms with Crippen molar-refractivity contribution in [1.82, 2.24) is 0 Å². The first-order valence-corrected chi connectivity index (χ1v) is 5.78. The minimum absolute atomic E-state index is 0.702. The quantitative estimate of drug-likeness (QED) is 0.744. The molecule has 74 valence electrons. The number of rotatable bonds is 2. The maximum absolute atomic E-state index is 6.04. The van der Waals surface area contributed by atoms with Crippen molar-refractivity contribution in [3.63, 3.8) is 0 Å². The van der Waals surface area contributed by atoms with Crippen LogP contribution in [0.1, 0.15) is 12.5 Å². The Balaban J connectivity index is 2.61. The lowest BCUT2D eigenvalue weighted by molar-refractivity contribution is 0.345. The van der Waals surface area contributed by atoms with Gasteiger partial charge in [-0.05, 0) is 31.5 Å². The zero-order valence-electron chi connectivity index (χ0n) is 8.13. The predicted molar refractivity (Wildman–Crippen MR) is 62.7 cm³/mol. The SMILES string of the molecule is CCOc1csc2cc(Cl)c(C)cc12. The summed E-state index contributed by atoms with van der Waals surface area (Å²) in [6.45, 7) is 4.70. The highest BCUT2D eigenvalue weighted by molar-refractivity contribution is 7.17. The van der Waals surface area contributed by atoms with Crippen molar-refractivity contribution < 1.29 is 4.74 Å². The van der Waals surface area contributed by atoms with Crippen LogP contribution in [0.4, 0.5) is 0 Å². The fourth-order valence-corrected chi connectivity index (χ4v) is 2.53. The van der Waals surface area contributed by atoms with E-state index in [1.54, 1.807) is 11.3 Å². The Morgan fingerprint density at radius 2 is 2.21 bits per heavy atom. The zero-order valence-corrected chi connectivity index (χ0v) is 9.71. The topological polar surface area (TPSA) is 9.23 Å². The summed E-state index contributed by atoms with van der Waals surface area (Å²) in [5.41, 5.74) is 1.10. The van der Waals surface area contributed by atoms with Gasteiger partial charge < -0.3 is 4.74 Å². The second kappa shape index (κ2) is 3.79. The summed E-state index contributed by atoms with van der Waals surface area (Å²) in [6.07, 6.45) is 0. The molecule has 0 atom stereocenters. The van der Waals surface area contributed by atoms with Gasteiger partial charge in [-0.15, -0.1) is 11.3 Å². The highest BCUT2D eigenvalue weighted by atomic mass is 35.5. The molecule has 0 bridgehead atoms.